The van der Waals surface area contributed by atoms with E-state index in [4.69, 9.17) is 25.5 Å². The molecule has 2 aromatic rings. The first-order valence-corrected chi connectivity index (χ1v) is 6.31. The largest absolute Gasteiger partial charge is 0.394 e. The molecule has 0 aliphatic carbocycles. The summed E-state index contributed by atoms with van der Waals surface area (Å²) in [5.41, 5.74) is 1.21. The summed E-state index contributed by atoms with van der Waals surface area (Å²) < 4.78 is 0. The van der Waals surface area contributed by atoms with Crippen LogP contribution in [0.1, 0.15) is 0 Å². The van der Waals surface area contributed by atoms with Gasteiger partial charge in [0.05, 0.1) is 6.61 Å². The van der Waals surface area contributed by atoms with Crippen molar-refractivity contribution in [3.05, 3.63) is 36.5 Å². The Morgan fingerprint density at radius 2 is 1.71 bits per heavy atom. The van der Waals surface area contributed by atoms with Crippen molar-refractivity contribution in [1.29, 1.82) is 0 Å². The van der Waals surface area contributed by atoms with Gasteiger partial charge in [-0.15, -0.1) is 0 Å². The highest BCUT2D eigenvalue weighted by Gasteiger charge is 2.29. The highest BCUT2D eigenvalue weighted by Crippen LogP contribution is 2.09. The van der Waals surface area contributed by atoms with E-state index in [1.807, 2.05) is 18.3 Å². The van der Waals surface area contributed by atoms with Crippen molar-refractivity contribution in [2.24, 2.45) is 0 Å². The maximum Gasteiger partial charge on any atom is 0.151 e. The number of carbonyl (C=O) groups excluding carboxylic acids is 1. The number of aliphatic hydroxyl groups excluding tert-OH is 5. The quantitative estimate of drug-likeness (QED) is 0.383. The van der Waals surface area contributed by atoms with Gasteiger partial charge in [0.2, 0.25) is 0 Å². The minimum atomic E-state index is -1.79. The fraction of sp³-hybridized carbons (Fsp3) is 0.357. The van der Waals surface area contributed by atoms with Crippen molar-refractivity contribution < 1.29 is 30.3 Å². The Hall–Kier alpha value is -1.77. The average molecular weight is 297 g/mol. The first kappa shape index (κ1) is 17.3. The van der Waals surface area contributed by atoms with Crippen molar-refractivity contribution in [1.82, 2.24) is 4.98 Å². The molecule has 0 amide bonds. The van der Waals surface area contributed by atoms with E-state index < -0.39 is 31.0 Å². The Kier molecular flexibility index (Phi) is 7.00. The van der Waals surface area contributed by atoms with Crippen LogP contribution in [0.15, 0.2) is 36.5 Å². The lowest BCUT2D eigenvalue weighted by Gasteiger charge is -2.22. The molecule has 6 N–H and O–H groups in total. The first-order valence-electron chi connectivity index (χ1n) is 6.31. The molecule has 1 aromatic carbocycles. The number of aliphatic hydroxyl groups is 5. The SMILES string of the molecule is O=CC(O)C(O)C(O)C(O)CO.c1ccc2[nH]ccc2c1. The zero-order valence-corrected chi connectivity index (χ0v) is 11.2. The number of para-hydroxylation sites is 1. The maximum absolute atomic E-state index is 9.90. The van der Waals surface area contributed by atoms with E-state index in [-0.39, 0.29) is 6.29 Å². The van der Waals surface area contributed by atoms with Gasteiger partial charge in [0.1, 0.15) is 24.4 Å². The van der Waals surface area contributed by atoms with Gasteiger partial charge in [-0.3, -0.25) is 0 Å². The summed E-state index contributed by atoms with van der Waals surface area (Å²) in [7, 11) is 0. The van der Waals surface area contributed by atoms with E-state index in [1.165, 1.54) is 10.9 Å². The van der Waals surface area contributed by atoms with Gasteiger partial charge in [-0.2, -0.15) is 0 Å². The number of rotatable bonds is 5. The van der Waals surface area contributed by atoms with E-state index in [2.05, 4.69) is 23.2 Å². The fourth-order valence-corrected chi connectivity index (χ4v) is 1.61. The minimum absolute atomic E-state index is 0.0258. The van der Waals surface area contributed by atoms with Crippen LogP contribution in [0.25, 0.3) is 10.9 Å². The molecule has 4 atom stereocenters. The third-order valence-corrected chi connectivity index (χ3v) is 2.88. The Balaban J connectivity index is 0.000000216. The van der Waals surface area contributed by atoms with E-state index >= 15 is 0 Å². The molecule has 116 valence electrons. The highest BCUT2D eigenvalue weighted by atomic mass is 16.4. The van der Waals surface area contributed by atoms with Crippen molar-refractivity contribution in [2.45, 2.75) is 24.4 Å². The van der Waals surface area contributed by atoms with Crippen LogP contribution in [0.3, 0.4) is 0 Å². The molecule has 7 heteroatoms. The molecular weight excluding hydrogens is 278 g/mol. The zero-order chi connectivity index (χ0) is 15.8. The monoisotopic (exact) mass is 297 g/mol. The predicted octanol–water partition coefficient (Wildman–Crippen LogP) is -1.21. The van der Waals surface area contributed by atoms with Crippen LogP contribution in [0.2, 0.25) is 0 Å². The second kappa shape index (κ2) is 8.50. The van der Waals surface area contributed by atoms with Crippen molar-refractivity contribution in [3.63, 3.8) is 0 Å². The third-order valence-electron chi connectivity index (χ3n) is 2.88. The average Bonchev–Trinajstić information content (AvgIpc) is 3.01. The molecule has 1 heterocycles. The second-order valence-electron chi connectivity index (χ2n) is 4.42. The van der Waals surface area contributed by atoms with E-state index in [0.29, 0.717) is 0 Å². The number of aromatic nitrogens is 1. The first-order chi connectivity index (χ1) is 10.0. The molecule has 7 nitrogen and oxygen atoms in total. The van der Waals surface area contributed by atoms with Crippen LogP contribution >= 0.6 is 0 Å². The summed E-state index contributed by atoms with van der Waals surface area (Å²) in [6.45, 7) is -0.760. The summed E-state index contributed by atoms with van der Waals surface area (Å²) in [6.07, 6.45) is -4.89. The lowest BCUT2D eigenvalue weighted by atomic mass is 10.0. The number of aromatic amines is 1. The van der Waals surface area contributed by atoms with Crippen molar-refractivity contribution in [3.8, 4) is 0 Å². The van der Waals surface area contributed by atoms with Crippen LogP contribution in [-0.2, 0) is 4.79 Å². The lowest BCUT2D eigenvalue weighted by Crippen LogP contribution is -2.46. The topological polar surface area (TPSA) is 134 Å². The Morgan fingerprint density at radius 1 is 1.05 bits per heavy atom. The lowest BCUT2D eigenvalue weighted by molar-refractivity contribution is -0.136. The van der Waals surface area contributed by atoms with Gasteiger partial charge >= 0.3 is 0 Å². The molecule has 0 aliphatic heterocycles. The molecule has 1 aromatic heterocycles. The normalized spacial score (nSPS) is 16.4. The minimum Gasteiger partial charge on any atom is -0.394 e. The molecule has 0 radical (unpaired) electrons. The van der Waals surface area contributed by atoms with Crippen LogP contribution < -0.4 is 0 Å². The number of hydrogen-bond donors (Lipinski definition) is 6. The van der Waals surface area contributed by atoms with Crippen molar-refractivity contribution >= 4 is 17.2 Å². The van der Waals surface area contributed by atoms with E-state index in [0.717, 1.165) is 0 Å². The molecule has 4 unspecified atom stereocenters. The van der Waals surface area contributed by atoms with Gasteiger partial charge in [0.25, 0.3) is 0 Å². The molecule has 21 heavy (non-hydrogen) atoms. The number of nitrogens with one attached hydrogen (secondary N) is 1. The van der Waals surface area contributed by atoms with Crippen LogP contribution in [0.4, 0.5) is 0 Å². The molecule has 0 saturated carbocycles. The predicted molar refractivity (Wildman–Crippen MR) is 75.5 cm³/mol. The maximum atomic E-state index is 9.90. The molecular formula is C14H19NO6. The molecule has 0 bridgehead atoms. The number of aldehydes is 1. The van der Waals surface area contributed by atoms with Gasteiger partial charge in [-0.05, 0) is 17.5 Å². The van der Waals surface area contributed by atoms with E-state index in [1.54, 1.807) is 0 Å². The van der Waals surface area contributed by atoms with Gasteiger partial charge in [-0.25, -0.2) is 0 Å². The molecule has 0 spiro atoms. The number of fused-ring (bicyclic) bond motifs is 1. The van der Waals surface area contributed by atoms with Crippen LogP contribution in [0, 0.1) is 0 Å². The zero-order valence-electron chi connectivity index (χ0n) is 11.2. The number of carbonyl (C=O) groups is 1. The summed E-state index contributed by atoms with van der Waals surface area (Å²) in [4.78, 5) is 13.0. The van der Waals surface area contributed by atoms with Crippen LogP contribution in [-0.4, -0.2) is 67.8 Å². The summed E-state index contributed by atoms with van der Waals surface area (Å²) in [5.74, 6) is 0. The van der Waals surface area contributed by atoms with Crippen LogP contribution in [0.5, 0.6) is 0 Å². The van der Waals surface area contributed by atoms with Gasteiger partial charge in [0, 0.05) is 11.7 Å². The molecule has 0 aliphatic rings. The molecule has 2 rings (SSSR count). The Bertz CT molecular complexity index is 513. The van der Waals surface area contributed by atoms with Gasteiger partial charge < -0.3 is 35.3 Å². The smallest absolute Gasteiger partial charge is 0.151 e. The Morgan fingerprint density at radius 3 is 2.29 bits per heavy atom. The molecule has 0 fully saturated rings. The summed E-state index contributed by atoms with van der Waals surface area (Å²) >= 11 is 0. The fourth-order valence-electron chi connectivity index (χ4n) is 1.61. The Labute approximate surface area is 121 Å². The van der Waals surface area contributed by atoms with E-state index in [9.17, 15) is 4.79 Å². The third kappa shape index (κ3) is 4.92. The second-order valence-corrected chi connectivity index (χ2v) is 4.42. The molecule has 0 saturated heterocycles. The highest BCUT2D eigenvalue weighted by molar-refractivity contribution is 5.78. The standard InChI is InChI=1S/C8H7N.C6H12O6/c1-2-4-8-7(3-1)5-6-9-8;7-1-3(9)5(11)6(12)4(10)2-8/h1-6,9H;1,3-6,8-12H,2H2. The number of hydrogen-bond acceptors (Lipinski definition) is 6. The number of H-pyrrole nitrogens is 1. The summed E-state index contributed by atoms with van der Waals surface area (Å²) in [5, 5.41) is 44.8. The number of benzene rings is 1. The van der Waals surface area contributed by atoms with Crippen molar-refractivity contribution in [2.75, 3.05) is 6.61 Å². The summed E-state index contributed by atoms with van der Waals surface area (Å²) in [6, 6.07) is 10.3. The van der Waals surface area contributed by atoms with Gasteiger partial charge in [-0.1, -0.05) is 18.2 Å². The van der Waals surface area contributed by atoms with Gasteiger partial charge in [0.15, 0.2) is 6.29 Å².